The molecule has 0 aromatic carbocycles. The molecule has 2 heteroatoms. The van der Waals surface area contributed by atoms with E-state index in [0.717, 1.165) is 5.92 Å². The van der Waals surface area contributed by atoms with Gasteiger partial charge in [-0.25, -0.2) is 0 Å². The third-order valence-corrected chi connectivity index (χ3v) is 4.21. The molecule has 1 aliphatic rings. The molecular weight excluding hydrogens is 208 g/mol. The fraction of sp³-hybridized carbons (Fsp3) is 0.667. The van der Waals surface area contributed by atoms with Gasteiger partial charge in [-0.3, -0.25) is 4.98 Å². The van der Waals surface area contributed by atoms with Gasteiger partial charge in [-0.05, 0) is 55.7 Å². The molecule has 1 heterocycles. The zero-order chi connectivity index (χ0) is 12.3. The molecular formula is C15H24N2. The maximum atomic E-state index is 4.24. The maximum Gasteiger partial charge on any atom is 0.0361 e. The average molecular weight is 232 g/mol. The fourth-order valence-corrected chi connectivity index (χ4v) is 2.99. The van der Waals surface area contributed by atoms with E-state index in [4.69, 9.17) is 0 Å². The van der Waals surface area contributed by atoms with Crippen LogP contribution in [-0.2, 0) is 0 Å². The number of aromatic nitrogens is 1. The molecule has 1 fully saturated rings. The van der Waals surface area contributed by atoms with Gasteiger partial charge < -0.3 is 5.32 Å². The van der Waals surface area contributed by atoms with Gasteiger partial charge >= 0.3 is 0 Å². The third-order valence-electron chi connectivity index (χ3n) is 4.21. The Morgan fingerprint density at radius 1 is 1.35 bits per heavy atom. The highest BCUT2D eigenvalue weighted by atomic mass is 14.9. The van der Waals surface area contributed by atoms with Crippen molar-refractivity contribution in [3.05, 3.63) is 30.1 Å². The highest BCUT2D eigenvalue weighted by Gasteiger charge is 2.31. The Hall–Kier alpha value is -0.890. The summed E-state index contributed by atoms with van der Waals surface area (Å²) in [6.45, 7) is 4.78. The monoisotopic (exact) mass is 232 g/mol. The summed E-state index contributed by atoms with van der Waals surface area (Å²) in [5.41, 5.74) is 1.88. The lowest BCUT2D eigenvalue weighted by atomic mass is 9.70. The van der Waals surface area contributed by atoms with E-state index in [9.17, 15) is 0 Å². The molecule has 0 radical (unpaired) electrons. The number of nitrogens with one attached hydrogen (secondary N) is 1. The van der Waals surface area contributed by atoms with Crippen LogP contribution in [0.4, 0.5) is 0 Å². The van der Waals surface area contributed by atoms with Crippen LogP contribution in [0.15, 0.2) is 24.5 Å². The van der Waals surface area contributed by atoms with Gasteiger partial charge in [0.1, 0.15) is 0 Å². The first-order valence-electron chi connectivity index (χ1n) is 6.69. The quantitative estimate of drug-likeness (QED) is 0.862. The Bertz CT molecular complexity index is 335. The van der Waals surface area contributed by atoms with Crippen molar-refractivity contribution in [3.63, 3.8) is 0 Å². The van der Waals surface area contributed by atoms with Crippen LogP contribution in [-0.4, -0.2) is 12.0 Å². The smallest absolute Gasteiger partial charge is 0.0361 e. The first-order chi connectivity index (χ1) is 8.12. The molecule has 1 N–H and O–H groups in total. The van der Waals surface area contributed by atoms with E-state index < -0.39 is 0 Å². The molecule has 0 aliphatic heterocycles. The standard InChI is InChI=1S/C15H24N2/c1-15(2)8-6-12(7-9-15)14(16-3)13-5-4-10-17-11-13/h4-5,10-12,14,16H,6-9H2,1-3H3. The van der Waals surface area contributed by atoms with Crippen molar-refractivity contribution >= 4 is 0 Å². The molecule has 0 amide bonds. The van der Waals surface area contributed by atoms with Crippen LogP contribution in [0, 0.1) is 11.3 Å². The first kappa shape index (κ1) is 12.6. The SMILES string of the molecule is CNC(c1cccnc1)C1CCC(C)(C)CC1. The van der Waals surface area contributed by atoms with E-state index in [1.165, 1.54) is 31.2 Å². The minimum atomic E-state index is 0.472. The zero-order valence-corrected chi connectivity index (χ0v) is 11.2. The fourth-order valence-electron chi connectivity index (χ4n) is 2.99. The Balaban J connectivity index is 2.05. The van der Waals surface area contributed by atoms with E-state index in [2.05, 4.69) is 37.3 Å². The first-order valence-corrected chi connectivity index (χ1v) is 6.69. The van der Waals surface area contributed by atoms with Gasteiger partial charge in [-0.1, -0.05) is 19.9 Å². The highest BCUT2D eigenvalue weighted by molar-refractivity contribution is 5.15. The van der Waals surface area contributed by atoms with Crippen LogP contribution < -0.4 is 5.32 Å². The van der Waals surface area contributed by atoms with Crippen LogP contribution >= 0.6 is 0 Å². The van der Waals surface area contributed by atoms with Crippen molar-refractivity contribution in [1.82, 2.24) is 10.3 Å². The molecule has 17 heavy (non-hydrogen) atoms. The Morgan fingerprint density at radius 2 is 2.06 bits per heavy atom. The Kier molecular flexibility index (Phi) is 3.82. The second-order valence-corrected chi connectivity index (χ2v) is 6.05. The summed E-state index contributed by atoms with van der Waals surface area (Å²) in [7, 11) is 2.07. The Labute approximate surface area is 105 Å². The second kappa shape index (κ2) is 5.18. The lowest BCUT2D eigenvalue weighted by Gasteiger charge is -2.38. The number of hydrogen-bond acceptors (Lipinski definition) is 2. The summed E-state index contributed by atoms with van der Waals surface area (Å²) >= 11 is 0. The normalized spacial score (nSPS) is 22.3. The molecule has 2 rings (SSSR count). The number of hydrogen-bond donors (Lipinski definition) is 1. The molecule has 0 spiro atoms. The van der Waals surface area contributed by atoms with Gasteiger partial charge in [-0.2, -0.15) is 0 Å². The summed E-state index contributed by atoms with van der Waals surface area (Å²) < 4.78 is 0. The van der Waals surface area contributed by atoms with E-state index in [0.29, 0.717) is 11.5 Å². The molecule has 94 valence electrons. The number of pyridine rings is 1. The molecule has 1 saturated carbocycles. The lowest BCUT2D eigenvalue weighted by molar-refractivity contribution is 0.164. The molecule has 1 aliphatic carbocycles. The largest absolute Gasteiger partial charge is 0.313 e. The van der Waals surface area contributed by atoms with Crippen LogP contribution in [0.5, 0.6) is 0 Å². The molecule has 1 aromatic heterocycles. The van der Waals surface area contributed by atoms with E-state index in [1.54, 1.807) is 0 Å². The van der Waals surface area contributed by atoms with Gasteiger partial charge in [-0.15, -0.1) is 0 Å². The van der Waals surface area contributed by atoms with Crippen LogP contribution in [0.3, 0.4) is 0 Å². The predicted octanol–water partition coefficient (Wildman–Crippen LogP) is 3.56. The van der Waals surface area contributed by atoms with Gasteiger partial charge in [0.15, 0.2) is 0 Å². The third kappa shape index (κ3) is 3.06. The number of nitrogens with zero attached hydrogens (tertiary/aromatic N) is 1. The summed E-state index contributed by atoms with van der Waals surface area (Å²) in [5, 5.41) is 3.48. The van der Waals surface area contributed by atoms with Gasteiger partial charge in [0.2, 0.25) is 0 Å². The lowest BCUT2D eigenvalue weighted by Crippen LogP contribution is -2.31. The maximum absolute atomic E-state index is 4.24. The van der Waals surface area contributed by atoms with Gasteiger partial charge in [0, 0.05) is 18.4 Å². The van der Waals surface area contributed by atoms with Crippen LogP contribution in [0.25, 0.3) is 0 Å². The van der Waals surface area contributed by atoms with Crippen molar-refractivity contribution in [1.29, 1.82) is 0 Å². The van der Waals surface area contributed by atoms with Crippen molar-refractivity contribution in [3.8, 4) is 0 Å². The van der Waals surface area contributed by atoms with Crippen molar-refractivity contribution < 1.29 is 0 Å². The summed E-state index contributed by atoms with van der Waals surface area (Å²) in [5.74, 6) is 0.761. The molecule has 1 atom stereocenters. The predicted molar refractivity (Wildman–Crippen MR) is 71.8 cm³/mol. The molecule has 1 unspecified atom stereocenters. The minimum Gasteiger partial charge on any atom is -0.313 e. The summed E-state index contributed by atoms with van der Waals surface area (Å²) in [4.78, 5) is 4.24. The number of rotatable bonds is 3. The molecule has 1 aromatic rings. The molecule has 0 saturated heterocycles. The minimum absolute atomic E-state index is 0.472. The summed E-state index contributed by atoms with van der Waals surface area (Å²) in [6.07, 6.45) is 9.19. The van der Waals surface area contributed by atoms with Crippen molar-refractivity contribution in [2.24, 2.45) is 11.3 Å². The highest BCUT2D eigenvalue weighted by Crippen LogP contribution is 2.42. The summed E-state index contributed by atoms with van der Waals surface area (Å²) in [6, 6.07) is 4.69. The van der Waals surface area contributed by atoms with E-state index >= 15 is 0 Å². The zero-order valence-electron chi connectivity index (χ0n) is 11.2. The van der Waals surface area contributed by atoms with E-state index in [-0.39, 0.29) is 0 Å². The van der Waals surface area contributed by atoms with Gasteiger partial charge in [0.25, 0.3) is 0 Å². The van der Waals surface area contributed by atoms with Crippen molar-refractivity contribution in [2.45, 2.75) is 45.6 Å². The van der Waals surface area contributed by atoms with Crippen LogP contribution in [0.1, 0.15) is 51.1 Å². The van der Waals surface area contributed by atoms with E-state index in [1.807, 2.05) is 18.5 Å². The average Bonchev–Trinajstić information content (AvgIpc) is 2.33. The van der Waals surface area contributed by atoms with Crippen molar-refractivity contribution in [2.75, 3.05) is 7.05 Å². The molecule has 2 nitrogen and oxygen atoms in total. The molecule has 0 bridgehead atoms. The van der Waals surface area contributed by atoms with Gasteiger partial charge in [0.05, 0.1) is 0 Å². The Morgan fingerprint density at radius 3 is 2.59 bits per heavy atom. The van der Waals surface area contributed by atoms with Crippen LogP contribution in [0.2, 0.25) is 0 Å². The topological polar surface area (TPSA) is 24.9 Å². The second-order valence-electron chi connectivity index (χ2n) is 6.05.